The topological polar surface area (TPSA) is 3.24 Å². The van der Waals surface area contributed by atoms with E-state index in [9.17, 15) is 4.39 Å². The van der Waals surface area contributed by atoms with Gasteiger partial charge in [-0.25, -0.2) is 4.39 Å². The average molecular weight is 129 g/mol. The molecule has 0 atom stereocenters. The lowest BCUT2D eigenvalue weighted by molar-refractivity contribution is 0.349. The SMILES string of the molecule is CN1CC=C(CF)CC1. The highest BCUT2D eigenvalue weighted by Gasteiger charge is 2.05. The standard InChI is InChI=1S/C7H12FN/c1-9-4-2-7(6-8)3-5-9/h2H,3-6H2,1H3. The summed E-state index contributed by atoms with van der Waals surface area (Å²) in [7, 11) is 2.05. The second kappa shape index (κ2) is 2.97. The lowest BCUT2D eigenvalue weighted by Crippen LogP contribution is -2.24. The molecule has 0 amide bonds. The Hall–Kier alpha value is -0.370. The molecule has 0 spiro atoms. The smallest absolute Gasteiger partial charge is 0.111 e. The summed E-state index contributed by atoms with van der Waals surface area (Å²) in [5, 5.41) is 0. The van der Waals surface area contributed by atoms with Gasteiger partial charge in [0, 0.05) is 13.1 Å². The van der Waals surface area contributed by atoms with E-state index in [-0.39, 0.29) is 6.67 Å². The first kappa shape index (κ1) is 6.75. The summed E-state index contributed by atoms with van der Waals surface area (Å²) in [5.74, 6) is 0. The van der Waals surface area contributed by atoms with Crippen LogP contribution in [-0.4, -0.2) is 31.7 Å². The quantitative estimate of drug-likeness (QED) is 0.481. The highest BCUT2D eigenvalue weighted by atomic mass is 19.1. The van der Waals surface area contributed by atoms with Crippen LogP contribution in [0.4, 0.5) is 4.39 Å². The maximum atomic E-state index is 11.9. The van der Waals surface area contributed by atoms with Crippen LogP contribution in [0.3, 0.4) is 0 Å². The molecule has 1 rings (SSSR count). The third-order valence-corrected chi connectivity index (χ3v) is 1.68. The first-order valence-corrected chi connectivity index (χ1v) is 3.25. The van der Waals surface area contributed by atoms with E-state index < -0.39 is 0 Å². The maximum Gasteiger partial charge on any atom is 0.111 e. The van der Waals surface area contributed by atoms with Crippen molar-refractivity contribution >= 4 is 0 Å². The first-order chi connectivity index (χ1) is 4.33. The molecule has 1 aliphatic heterocycles. The number of rotatable bonds is 1. The van der Waals surface area contributed by atoms with Gasteiger partial charge in [0.15, 0.2) is 0 Å². The van der Waals surface area contributed by atoms with E-state index >= 15 is 0 Å². The number of halogens is 1. The Morgan fingerprint density at radius 1 is 1.78 bits per heavy atom. The molecule has 0 saturated heterocycles. The molecule has 52 valence electrons. The number of likely N-dealkylation sites (N-methyl/N-ethyl adjacent to an activating group) is 1. The zero-order valence-corrected chi connectivity index (χ0v) is 5.73. The maximum absolute atomic E-state index is 11.9. The number of nitrogens with zero attached hydrogens (tertiary/aromatic N) is 1. The predicted octanol–water partition coefficient (Wildman–Crippen LogP) is 1.22. The minimum Gasteiger partial charge on any atom is -0.302 e. The Morgan fingerprint density at radius 2 is 2.56 bits per heavy atom. The Kier molecular flexibility index (Phi) is 2.22. The molecular formula is C7H12FN. The summed E-state index contributed by atoms with van der Waals surface area (Å²) < 4.78 is 11.9. The van der Waals surface area contributed by atoms with Crippen molar-refractivity contribution in [2.24, 2.45) is 0 Å². The molecule has 0 aliphatic carbocycles. The van der Waals surface area contributed by atoms with Crippen LogP contribution in [0.25, 0.3) is 0 Å². The van der Waals surface area contributed by atoms with Gasteiger partial charge in [-0.1, -0.05) is 6.08 Å². The largest absolute Gasteiger partial charge is 0.302 e. The van der Waals surface area contributed by atoms with E-state index in [1.54, 1.807) is 0 Å². The molecule has 0 saturated carbocycles. The highest BCUT2D eigenvalue weighted by molar-refractivity contribution is 5.06. The molecule has 1 aliphatic rings. The van der Waals surface area contributed by atoms with Gasteiger partial charge in [0.1, 0.15) is 6.67 Å². The summed E-state index contributed by atoms with van der Waals surface area (Å²) in [5.41, 5.74) is 0.966. The van der Waals surface area contributed by atoms with Gasteiger partial charge in [0.25, 0.3) is 0 Å². The summed E-state index contributed by atoms with van der Waals surface area (Å²) in [6.07, 6.45) is 2.89. The lowest BCUT2D eigenvalue weighted by Gasteiger charge is -2.20. The zero-order chi connectivity index (χ0) is 6.69. The van der Waals surface area contributed by atoms with Gasteiger partial charge in [-0.05, 0) is 19.0 Å². The molecule has 9 heavy (non-hydrogen) atoms. The van der Waals surface area contributed by atoms with Crippen LogP contribution < -0.4 is 0 Å². The number of hydrogen-bond donors (Lipinski definition) is 0. The molecule has 0 N–H and O–H groups in total. The minimum absolute atomic E-state index is 0.256. The molecule has 2 heteroatoms. The van der Waals surface area contributed by atoms with Crippen LogP contribution >= 0.6 is 0 Å². The van der Waals surface area contributed by atoms with Gasteiger partial charge in [-0.2, -0.15) is 0 Å². The molecule has 1 heterocycles. The number of alkyl halides is 1. The van der Waals surface area contributed by atoms with Crippen molar-refractivity contribution in [1.29, 1.82) is 0 Å². The Bertz CT molecular complexity index is 120. The van der Waals surface area contributed by atoms with Gasteiger partial charge < -0.3 is 4.90 Å². The summed E-state index contributed by atoms with van der Waals surface area (Å²) in [6.45, 7) is 1.67. The average Bonchev–Trinajstić information content (AvgIpc) is 1.90. The Balaban J connectivity index is 2.40. The molecule has 0 bridgehead atoms. The van der Waals surface area contributed by atoms with Crippen molar-refractivity contribution in [2.45, 2.75) is 6.42 Å². The van der Waals surface area contributed by atoms with E-state index in [4.69, 9.17) is 0 Å². The third-order valence-electron chi connectivity index (χ3n) is 1.68. The van der Waals surface area contributed by atoms with Crippen LogP contribution in [0, 0.1) is 0 Å². The van der Waals surface area contributed by atoms with Crippen molar-refractivity contribution in [3.63, 3.8) is 0 Å². The van der Waals surface area contributed by atoms with Crippen molar-refractivity contribution in [3.05, 3.63) is 11.6 Å². The fourth-order valence-electron chi connectivity index (χ4n) is 0.934. The monoisotopic (exact) mass is 129 g/mol. The fourth-order valence-corrected chi connectivity index (χ4v) is 0.934. The van der Waals surface area contributed by atoms with E-state index in [1.165, 1.54) is 0 Å². The van der Waals surface area contributed by atoms with Crippen molar-refractivity contribution in [2.75, 3.05) is 26.8 Å². The van der Waals surface area contributed by atoms with Gasteiger partial charge in [-0.3, -0.25) is 0 Å². The van der Waals surface area contributed by atoms with Crippen molar-refractivity contribution in [1.82, 2.24) is 4.90 Å². The summed E-state index contributed by atoms with van der Waals surface area (Å²) in [4.78, 5) is 2.18. The molecule has 0 fully saturated rings. The van der Waals surface area contributed by atoms with Gasteiger partial charge in [-0.15, -0.1) is 0 Å². The molecule has 0 unspecified atom stereocenters. The second-order valence-corrected chi connectivity index (χ2v) is 2.51. The fraction of sp³-hybridized carbons (Fsp3) is 0.714. The Labute approximate surface area is 55.2 Å². The van der Waals surface area contributed by atoms with Crippen LogP contribution in [0.1, 0.15) is 6.42 Å². The minimum atomic E-state index is -0.256. The molecular weight excluding hydrogens is 117 g/mol. The van der Waals surface area contributed by atoms with Crippen LogP contribution in [0.2, 0.25) is 0 Å². The van der Waals surface area contributed by atoms with Gasteiger partial charge in [0.2, 0.25) is 0 Å². The summed E-state index contributed by atoms with van der Waals surface area (Å²) >= 11 is 0. The first-order valence-electron chi connectivity index (χ1n) is 3.25. The molecule has 0 radical (unpaired) electrons. The van der Waals surface area contributed by atoms with Crippen molar-refractivity contribution < 1.29 is 4.39 Å². The van der Waals surface area contributed by atoms with Gasteiger partial charge in [0.05, 0.1) is 0 Å². The normalized spacial score (nSPS) is 21.8. The van der Waals surface area contributed by atoms with E-state index in [0.29, 0.717) is 0 Å². The molecule has 0 aromatic carbocycles. The molecule has 0 aromatic heterocycles. The van der Waals surface area contributed by atoms with Crippen LogP contribution in [0.15, 0.2) is 11.6 Å². The second-order valence-electron chi connectivity index (χ2n) is 2.51. The van der Waals surface area contributed by atoms with E-state index in [1.807, 2.05) is 13.1 Å². The van der Waals surface area contributed by atoms with Crippen molar-refractivity contribution in [3.8, 4) is 0 Å². The molecule has 0 aromatic rings. The van der Waals surface area contributed by atoms with Crippen LogP contribution in [-0.2, 0) is 0 Å². The molecule has 1 nitrogen and oxygen atoms in total. The summed E-state index contributed by atoms with van der Waals surface area (Å²) in [6, 6.07) is 0. The van der Waals surface area contributed by atoms with Crippen LogP contribution in [0.5, 0.6) is 0 Å². The zero-order valence-electron chi connectivity index (χ0n) is 5.73. The predicted molar refractivity (Wildman–Crippen MR) is 36.2 cm³/mol. The third kappa shape index (κ3) is 1.79. The number of hydrogen-bond acceptors (Lipinski definition) is 1. The highest BCUT2D eigenvalue weighted by Crippen LogP contribution is 2.08. The van der Waals surface area contributed by atoms with E-state index in [2.05, 4.69) is 4.90 Å². The van der Waals surface area contributed by atoms with E-state index in [0.717, 1.165) is 25.1 Å². The lowest BCUT2D eigenvalue weighted by atomic mass is 10.1. The Morgan fingerprint density at radius 3 is 3.00 bits per heavy atom. The van der Waals surface area contributed by atoms with Gasteiger partial charge >= 0.3 is 0 Å².